The smallest absolute Gasteiger partial charge is 0.409 e. The van der Waals surface area contributed by atoms with E-state index in [2.05, 4.69) is 20.2 Å². The number of piperidine rings is 1. The number of hydrogen-bond acceptors (Lipinski definition) is 8. The van der Waals surface area contributed by atoms with Gasteiger partial charge >= 0.3 is 6.09 Å². The number of carbonyl (C=O) groups is 1. The molecule has 0 N–H and O–H groups in total. The van der Waals surface area contributed by atoms with Crippen LogP contribution in [0.1, 0.15) is 18.5 Å². The summed E-state index contributed by atoms with van der Waals surface area (Å²) in [7, 11) is 3.27. The number of rotatable bonds is 6. The molecule has 0 bridgehead atoms. The van der Waals surface area contributed by atoms with Gasteiger partial charge in [0.2, 0.25) is 0 Å². The van der Waals surface area contributed by atoms with Crippen LogP contribution in [0, 0.1) is 18.7 Å². The van der Waals surface area contributed by atoms with Crippen molar-refractivity contribution in [2.75, 3.05) is 38.8 Å². The summed E-state index contributed by atoms with van der Waals surface area (Å²) in [4.78, 5) is 24.7. The molecular formula is C28H29FN6O3. The monoisotopic (exact) mass is 516 g/mol. The fraction of sp³-hybridized carbons (Fsp3) is 0.321. The molecule has 0 aliphatic carbocycles. The molecule has 9 nitrogen and oxygen atoms in total. The number of amides is 1. The van der Waals surface area contributed by atoms with Crippen molar-refractivity contribution in [3.8, 4) is 16.9 Å². The Bertz CT molecular complexity index is 1430. The first-order valence-corrected chi connectivity index (χ1v) is 12.5. The van der Waals surface area contributed by atoms with Crippen LogP contribution in [0.5, 0.6) is 5.75 Å². The number of halogens is 1. The second kappa shape index (κ2) is 11.0. The van der Waals surface area contributed by atoms with Gasteiger partial charge in [-0.05, 0) is 67.3 Å². The van der Waals surface area contributed by atoms with Crippen molar-refractivity contribution >= 4 is 28.6 Å². The molecule has 1 fully saturated rings. The van der Waals surface area contributed by atoms with Gasteiger partial charge in [-0.3, -0.25) is 0 Å². The van der Waals surface area contributed by atoms with Gasteiger partial charge in [0.05, 0.1) is 19.4 Å². The summed E-state index contributed by atoms with van der Waals surface area (Å²) in [5, 5.41) is 9.23. The van der Waals surface area contributed by atoms with Crippen LogP contribution in [-0.4, -0.2) is 65.0 Å². The van der Waals surface area contributed by atoms with E-state index < -0.39 is 0 Å². The van der Waals surface area contributed by atoms with Gasteiger partial charge in [-0.1, -0.05) is 12.1 Å². The normalized spacial score (nSPS) is 15.4. The van der Waals surface area contributed by atoms with Crippen molar-refractivity contribution in [2.45, 2.75) is 19.8 Å². The summed E-state index contributed by atoms with van der Waals surface area (Å²) in [6, 6.07) is 14.0. The SMILES string of the molecule is COC(=O)N1CCCC(COc2cc(-c3ccc(F)cc3)cc3c(N(C)c4ccc(C)nn4)ncnc23)C1. The highest BCUT2D eigenvalue weighted by molar-refractivity contribution is 5.97. The number of ether oxygens (including phenoxy) is 2. The third-order valence-corrected chi connectivity index (χ3v) is 6.73. The number of likely N-dealkylation sites (tertiary alicyclic amines) is 1. The topological polar surface area (TPSA) is 93.6 Å². The van der Waals surface area contributed by atoms with E-state index in [1.807, 2.05) is 43.1 Å². The standard InChI is InChI=1S/C28H29FN6O3/c1-18-6-11-25(33-32-18)34(2)27-23-13-21(20-7-9-22(29)10-8-20)14-24(26(23)30-17-31-27)38-16-19-5-4-12-35(15-19)28(36)37-3/h6-11,13-14,17,19H,4-5,12,15-16H2,1-3H3. The van der Waals surface area contributed by atoms with Gasteiger partial charge in [0.15, 0.2) is 5.82 Å². The fourth-order valence-electron chi connectivity index (χ4n) is 4.69. The molecule has 10 heteroatoms. The highest BCUT2D eigenvalue weighted by atomic mass is 19.1. The zero-order chi connectivity index (χ0) is 26.6. The number of carbonyl (C=O) groups excluding carboxylic acids is 1. The molecule has 2 aromatic carbocycles. The van der Waals surface area contributed by atoms with Crippen LogP contribution in [0.15, 0.2) is 54.9 Å². The number of aryl methyl sites for hydroxylation is 1. The first-order valence-electron chi connectivity index (χ1n) is 12.5. The number of aromatic nitrogens is 4. The van der Waals surface area contributed by atoms with Crippen molar-refractivity contribution in [1.82, 2.24) is 25.1 Å². The molecule has 38 heavy (non-hydrogen) atoms. The number of hydrogen-bond donors (Lipinski definition) is 0. The van der Waals surface area contributed by atoms with E-state index in [1.165, 1.54) is 25.6 Å². The van der Waals surface area contributed by atoms with Crippen molar-refractivity contribution in [3.63, 3.8) is 0 Å². The van der Waals surface area contributed by atoms with E-state index >= 15 is 0 Å². The van der Waals surface area contributed by atoms with Crippen molar-refractivity contribution in [2.24, 2.45) is 5.92 Å². The lowest BCUT2D eigenvalue weighted by Gasteiger charge is -2.31. The van der Waals surface area contributed by atoms with Gasteiger partial charge in [-0.25, -0.2) is 19.2 Å². The Morgan fingerprint density at radius 1 is 1.11 bits per heavy atom. The Kier molecular flexibility index (Phi) is 7.30. The molecule has 4 aromatic rings. The van der Waals surface area contributed by atoms with Crippen LogP contribution in [0.4, 0.5) is 20.8 Å². The maximum absolute atomic E-state index is 13.7. The Balaban J connectivity index is 1.53. The van der Waals surface area contributed by atoms with Gasteiger partial charge in [0.25, 0.3) is 0 Å². The predicted octanol–water partition coefficient (Wildman–Crippen LogP) is 5.16. The molecule has 0 spiro atoms. The average molecular weight is 517 g/mol. The molecule has 2 aromatic heterocycles. The molecule has 0 radical (unpaired) electrons. The summed E-state index contributed by atoms with van der Waals surface area (Å²) >= 11 is 0. The van der Waals surface area contributed by atoms with E-state index in [0.29, 0.717) is 42.6 Å². The molecular weight excluding hydrogens is 487 g/mol. The zero-order valence-corrected chi connectivity index (χ0v) is 21.6. The second-order valence-corrected chi connectivity index (χ2v) is 9.40. The molecule has 1 aliphatic heterocycles. The summed E-state index contributed by atoms with van der Waals surface area (Å²) in [6.45, 7) is 3.54. The summed E-state index contributed by atoms with van der Waals surface area (Å²) in [5.41, 5.74) is 3.14. The zero-order valence-electron chi connectivity index (χ0n) is 21.6. The predicted molar refractivity (Wildman–Crippen MR) is 142 cm³/mol. The molecule has 1 saturated heterocycles. The van der Waals surface area contributed by atoms with Gasteiger partial charge in [-0.15, -0.1) is 5.10 Å². The molecule has 0 saturated carbocycles. The van der Waals surface area contributed by atoms with E-state index in [4.69, 9.17) is 9.47 Å². The quantitative estimate of drug-likeness (QED) is 0.347. The van der Waals surface area contributed by atoms with Crippen LogP contribution in [-0.2, 0) is 4.74 Å². The Morgan fingerprint density at radius 2 is 1.92 bits per heavy atom. The number of methoxy groups -OCH3 is 1. The highest BCUT2D eigenvalue weighted by Crippen LogP contribution is 2.37. The van der Waals surface area contributed by atoms with Crippen LogP contribution in [0.2, 0.25) is 0 Å². The number of anilines is 2. The molecule has 5 rings (SSSR count). The highest BCUT2D eigenvalue weighted by Gasteiger charge is 2.25. The van der Waals surface area contributed by atoms with Gasteiger partial charge < -0.3 is 19.3 Å². The minimum absolute atomic E-state index is 0.152. The largest absolute Gasteiger partial charge is 0.491 e. The Labute approximate surface area is 220 Å². The maximum Gasteiger partial charge on any atom is 0.409 e. The minimum atomic E-state index is -0.321. The second-order valence-electron chi connectivity index (χ2n) is 9.40. The molecule has 1 aliphatic rings. The number of fused-ring (bicyclic) bond motifs is 1. The number of benzene rings is 2. The van der Waals surface area contributed by atoms with E-state index in [9.17, 15) is 9.18 Å². The molecule has 196 valence electrons. The van der Waals surface area contributed by atoms with Crippen LogP contribution in [0.25, 0.3) is 22.0 Å². The van der Waals surface area contributed by atoms with Crippen LogP contribution >= 0.6 is 0 Å². The van der Waals surface area contributed by atoms with Crippen molar-refractivity contribution < 1.29 is 18.7 Å². The summed E-state index contributed by atoms with van der Waals surface area (Å²) in [5.74, 6) is 1.70. The lowest BCUT2D eigenvalue weighted by atomic mass is 9.99. The maximum atomic E-state index is 13.7. The fourth-order valence-corrected chi connectivity index (χ4v) is 4.69. The average Bonchev–Trinajstić information content (AvgIpc) is 2.95. The minimum Gasteiger partial charge on any atom is -0.491 e. The molecule has 1 amide bonds. The van der Waals surface area contributed by atoms with Gasteiger partial charge in [-0.2, -0.15) is 5.10 Å². The van der Waals surface area contributed by atoms with Crippen LogP contribution in [0.3, 0.4) is 0 Å². The Hall–Kier alpha value is -4.34. The molecule has 1 unspecified atom stereocenters. The van der Waals surface area contributed by atoms with Crippen LogP contribution < -0.4 is 9.64 Å². The lowest BCUT2D eigenvalue weighted by Crippen LogP contribution is -2.41. The summed E-state index contributed by atoms with van der Waals surface area (Å²) in [6.07, 6.45) is 3.00. The third-order valence-electron chi connectivity index (χ3n) is 6.73. The molecule has 1 atom stereocenters. The van der Waals surface area contributed by atoms with Gasteiger partial charge in [0.1, 0.15) is 29.2 Å². The first-order chi connectivity index (χ1) is 18.4. The summed E-state index contributed by atoms with van der Waals surface area (Å²) < 4.78 is 24.9. The van der Waals surface area contributed by atoms with E-state index in [-0.39, 0.29) is 17.8 Å². The van der Waals surface area contributed by atoms with Crippen molar-refractivity contribution in [3.05, 3.63) is 66.4 Å². The van der Waals surface area contributed by atoms with E-state index in [0.717, 1.165) is 35.0 Å². The lowest BCUT2D eigenvalue weighted by molar-refractivity contribution is 0.0905. The first kappa shape index (κ1) is 25.3. The molecule has 3 heterocycles. The Morgan fingerprint density at radius 3 is 2.66 bits per heavy atom. The third kappa shape index (κ3) is 5.34. The van der Waals surface area contributed by atoms with Gasteiger partial charge in [0, 0.05) is 31.4 Å². The van der Waals surface area contributed by atoms with Crippen molar-refractivity contribution in [1.29, 1.82) is 0 Å². The number of nitrogens with zero attached hydrogens (tertiary/aromatic N) is 6. The van der Waals surface area contributed by atoms with E-state index in [1.54, 1.807) is 17.0 Å².